The van der Waals surface area contributed by atoms with E-state index in [-0.39, 0.29) is 29.7 Å². The van der Waals surface area contributed by atoms with Crippen LogP contribution in [0, 0.1) is 0 Å². The van der Waals surface area contributed by atoms with Crippen LogP contribution in [0.15, 0.2) is 57.7 Å². The van der Waals surface area contributed by atoms with Crippen molar-refractivity contribution in [3.63, 3.8) is 0 Å². The molecule has 166 valence electrons. The summed E-state index contributed by atoms with van der Waals surface area (Å²) in [5.41, 5.74) is 1.76. The van der Waals surface area contributed by atoms with Crippen LogP contribution in [0.2, 0.25) is 0 Å². The molecule has 0 bridgehead atoms. The summed E-state index contributed by atoms with van der Waals surface area (Å²) in [6.45, 7) is 4.20. The summed E-state index contributed by atoms with van der Waals surface area (Å²) >= 11 is 1.57. The van der Waals surface area contributed by atoms with Gasteiger partial charge in [0.15, 0.2) is 11.2 Å². The molecule has 1 atom stereocenters. The molecule has 0 aliphatic heterocycles. The van der Waals surface area contributed by atoms with E-state index in [2.05, 4.69) is 36.3 Å². The maximum absolute atomic E-state index is 13.0. The quantitative estimate of drug-likeness (QED) is 0.488. The van der Waals surface area contributed by atoms with Gasteiger partial charge in [-0.2, -0.15) is 0 Å². The van der Waals surface area contributed by atoms with Crippen LogP contribution in [0.5, 0.6) is 0 Å². The van der Waals surface area contributed by atoms with E-state index in [1.54, 1.807) is 18.4 Å². The highest BCUT2D eigenvalue weighted by Gasteiger charge is 2.20. The van der Waals surface area contributed by atoms with Crippen molar-refractivity contribution in [2.24, 2.45) is 14.1 Å². The second-order valence-corrected chi connectivity index (χ2v) is 9.07. The van der Waals surface area contributed by atoms with Gasteiger partial charge < -0.3 is 9.88 Å². The predicted molar refractivity (Wildman–Crippen MR) is 125 cm³/mol. The van der Waals surface area contributed by atoms with E-state index in [1.807, 2.05) is 29.6 Å². The number of benzene rings is 1. The molecule has 4 aromatic rings. The number of nitrogens with one attached hydrogen (secondary N) is 1. The molecule has 8 nitrogen and oxygen atoms in total. The summed E-state index contributed by atoms with van der Waals surface area (Å²) < 4.78 is 3.80. The fourth-order valence-corrected chi connectivity index (χ4v) is 4.53. The number of nitrogens with zero attached hydrogens (tertiary/aromatic N) is 4. The highest BCUT2D eigenvalue weighted by atomic mass is 32.1. The van der Waals surface area contributed by atoms with E-state index in [0.717, 1.165) is 15.0 Å². The molecule has 3 aromatic heterocycles. The highest BCUT2D eigenvalue weighted by Crippen LogP contribution is 2.27. The van der Waals surface area contributed by atoms with Gasteiger partial charge in [0.25, 0.3) is 5.56 Å². The molecule has 0 spiro atoms. The third-order valence-corrected chi connectivity index (χ3v) is 6.54. The maximum Gasteiger partial charge on any atom is 0.332 e. The lowest BCUT2D eigenvalue weighted by molar-refractivity contribution is -0.122. The Morgan fingerprint density at radius 3 is 2.38 bits per heavy atom. The van der Waals surface area contributed by atoms with Crippen molar-refractivity contribution in [3.05, 3.63) is 84.9 Å². The molecule has 0 fully saturated rings. The van der Waals surface area contributed by atoms with Crippen molar-refractivity contribution >= 4 is 28.4 Å². The largest absolute Gasteiger partial charge is 0.343 e. The lowest BCUT2D eigenvalue weighted by Gasteiger charge is -2.19. The van der Waals surface area contributed by atoms with E-state index in [0.29, 0.717) is 5.92 Å². The molecule has 1 aromatic carbocycles. The zero-order valence-corrected chi connectivity index (χ0v) is 19.2. The zero-order valence-electron chi connectivity index (χ0n) is 18.4. The molecule has 0 saturated heterocycles. The number of carbonyl (C=O) groups is 1. The second kappa shape index (κ2) is 8.58. The molecule has 0 aliphatic rings. The molecule has 1 N–H and O–H groups in total. The van der Waals surface area contributed by atoms with Crippen molar-refractivity contribution in [2.45, 2.75) is 32.4 Å². The van der Waals surface area contributed by atoms with Crippen LogP contribution in [-0.2, 0) is 25.4 Å². The average Bonchev–Trinajstić information content (AvgIpc) is 3.45. The molecule has 0 radical (unpaired) electrons. The van der Waals surface area contributed by atoms with E-state index in [1.165, 1.54) is 28.1 Å². The first-order chi connectivity index (χ1) is 15.3. The first kappa shape index (κ1) is 21.8. The molecule has 4 rings (SSSR count). The van der Waals surface area contributed by atoms with Gasteiger partial charge in [0.1, 0.15) is 6.54 Å². The van der Waals surface area contributed by atoms with E-state index >= 15 is 0 Å². The Bertz CT molecular complexity index is 1380. The molecule has 0 saturated carbocycles. The Morgan fingerprint density at radius 1 is 1.06 bits per heavy atom. The predicted octanol–water partition coefficient (Wildman–Crippen LogP) is 2.52. The van der Waals surface area contributed by atoms with Crippen molar-refractivity contribution < 1.29 is 4.79 Å². The van der Waals surface area contributed by atoms with Gasteiger partial charge >= 0.3 is 5.69 Å². The summed E-state index contributed by atoms with van der Waals surface area (Å²) in [6.07, 6.45) is 1.42. The molecule has 1 amide bonds. The minimum Gasteiger partial charge on any atom is -0.343 e. The minimum absolute atomic E-state index is 0.0874. The Balaban J connectivity index is 1.64. The van der Waals surface area contributed by atoms with Crippen LogP contribution in [0.1, 0.15) is 41.8 Å². The van der Waals surface area contributed by atoms with Gasteiger partial charge in [-0.05, 0) is 28.5 Å². The number of fused-ring (bicyclic) bond motifs is 1. The number of aromatic nitrogens is 4. The number of amides is 1. The lowest BCUT2D eigenvalue weighted by Crippen LogP contribution is -2.38. The third kappa shape index (κ3) is 3.91. The number of rotatable bonds is 6. The van der Waals surface area contributed by atoms with Crippen molar-refractivity contribution in [3.8, 4) is 0 Å². The van der Waals surface area contributed by atoms with Crippen LogP contribution < -0.4 is 16.6 Å². The molecular weight excluding hydrogens is 426 g/mol. The summed E-state index contributed by atoms with van der Waals surface area (Å²) in [5.74, 6) is 0.165. The molecule has 9 heteroatoms. The fraction of sp³-hybridized carbons (Fsp3) is 0.304. The van der Waals surface area contributed by atoms with Crippen LogP contribution in [0.25, 0.3) is 11.2 Å². The number of imidazole rings is 1. The van der Waals surface area contributed by atoms with E-state index < -0.39 is 11.2 Å². The van der Waals surface area contributed by atoms with E-state index in [9.17, 15) is 14.4 Å². The number of hydrogen-bond acceptors (Lipinski definition) is 5. The van der Waals surface area contributed by atoms with Gasteiger partial charge in [0.05, 0.1) is 12.4 Å². The van der Waals surface area contributed by atoms with Gasteiger partial charge in [0, 0.05) is 19.0 Å². The topological polar surface area (TPSA) is 90.9 Å². The summed E-state index contributed by atoms with van der Waals surface area (Å²) in [6, 6.07) is 11.9. The molecule has 1 unspecified atom stereocenters. The average molecular weight is 452 g/mol. The first-order valence-electron chi connectivity index (χ1n) is 10.3. The first-order valence-corrected chi connectivity index (χ1v) is 11.2. The lowest BCUT2D eigenvalue weighted by atomic mass is 9.98. The summed E-state index contributed by atoms with van der Waals surface area (Å²) in [4.78, 5) is 43.0. The van der Waals surface area contributed by atoms with Gasteiger partial charge in [0.2, 0.25) is 5.91 Å². The summed E-state index contributed by atoms with van der Waals surface area (Å²) in [5, 5.41) is 5.07. The molecule has 3 heterocycles. The molecule has 0 aliphatic carbocycles. The number of carbonyl (C=O) groups excluding carboxylic acids is 1. The van der Waals surface area contributed by atoms with Crippen molar-refractivity contribution in [1.29, 1.82) is 0 Å². The number of thiophene rings is 1. The molecule has 32 heavy (non-hydrogen) atoms. The molecular formula is C23H25N5O3S. The summed E-state index contributed by atoms with van der Waals surface area (Å²) in [7, 11) is 2.96. The standard InChI is InChI=1S/C23H25N5O3S/c1-14(2)15-7-9-16(10-8-15)19(17-6-5-11-32-17)25-18(29)12-28-13-24-21-20(28)22(30)27(4)23(31)26(21)3/h5-11,13-14,19H,12H2,1-4H3,(H,25,29). The Labute approximate surface area is 188 Å². The Morgan fingerprint density at radius 2 is 1.75 bits per heavy atom. The Hall–Kier alpha value is -3.46. The fourth-order valence-electron chi connectivity index (χ4n) is 3.73. The van der Waals surface area contributed by atoms with Gasteiger partial charge in [-0.25, -0.2) is 9.78 Å². The maximum atomic E-state index is 13.0. The van der Waals surface area contributed by atoms with Crippen LogP contribution in [-0.4, -0.2) is 24.6 Å². The normalized spacial score (nSPS) is 12.4. The van der Waals surface area contributed by atoms with Crippen molar-refractivity contribution in [1.82, 2.24) is 24.0 Å². The van der Waals surface area contributed by atoms with Crippen LogP contribution in [0.4, 0.5) is 0 Å². The third-order valence-electron chi connectivity index (χ3n) is 5.60. The van der Waals surface area contributed by atoms with E-state index in [4.69, 9.17) is 0 Å². The van der Waals surface area contributed by atoms with Crippen LogP contribution >= 0.6 is 11.3 Å². The SMILES string of the molecule is CC(C)c1ccc(C(NC(=O)Cn2cnc3c2c(=O)n(C)c(=O)n3C)c2cccs2)cc1. The number of aryl methyl sites for hydroxylation is 1. The van der Waals surface area contributed by atoms with Crippen LogP contribution in [0.3, 0.4) is 0 Å². The second-order valence-electron chi connectivity index (χ2n) is 8.09. The number of hydrogen-bond donors (Lipinski definition) is 1. The smallest absolute Gasteiger partial charge is 0.332 e. The minimum atomic E-state index is -0.479. The zero-order chi connectivity index (χ0) is 23.0. The van der Waals surface area contributed by atoms with Crippen molar-refractivity contribution in [2.75, 3.05) is 0 Å². The highest BCUT2D eigenvalue weighted by molar-refractivity contribution is 7.10. The van der Waals surface area contributed by atoms with Gasteiger partial charge in [-0.3, -0.25) is 18.7 Å². The van der Waals surface area contributed by atoms with Gasteiger partial charge in [-0.1, -0.05) is 44.2 Å². The Kier molecular flexibility index (Phi) is 5.84. The van der Waals surface area contributed by atoms with Gasteiger partial charge in [-0.15, -0.1) is 11.3 Å². The monoisotopic (exact) mass is 451 g/mol.